The van der Waals surface area contributed by atoms with Crippen LogP contribution in [0, 0.1) is 35.5 Å². The van der Waals surface area contributed by atoms with E-state index in [0.717, 1.165) is 24.1 Å². The summed E-state index contributed by atoms with van der Waals surface area (Å²) in [5, 5.41) is 0. The van der Waals surface area contributed by atoms with Crippen molar-refractivity contribution < 1.29 is 14.4 Å². The molecule has 1 aliphatic heterocycles. The Labute approximate surface area is 159 Å². The van der Waals surface area contributed by atoms with Crippen LogP contribution in [0.15, 0.2) is 36.4 Å². The summed E-state index contributed by atoms with van der Waals surface area (Å²) in [5.41, 5.74) is 1.82. The number of anilines is 1. The van der Waals surface area contributed by atoms with Crippen LogP contribution in [-0.2, 0) is 20.8 Å². The molecule has 6 atom stereocenters. The Balaban J connectivity index is 1.46. The molecule has 0 spiro atoms. The lowest BCUT2D eigenvalue weighted by Gasteiger charge is -2.37. The van der Waals surface area contributed by atoms with Gasteiger partial charge in [0.2, 0.25) is 17.7 Å². The molecule has 1 heterocycles. The molecule has 1 aromatic rings. The number of aryl methyl sites for hydroxylation is 1. The van der Waals surface area contributed by atoms with Gasteiger partial charge in [-0.15, -0.1) is 0 Å². The van der Waals surface area contributed by atoms with Crippen LogP contribution in [0.2, 0.25) is 0 Å². The molecule has 0 N–H and O–H groups in total. The minimum absolute atomic E-state index is 0.0196. The van der Waals surface area contributed by atoms with Crippen molar-refractivity contribution in [2.75, 3.05) is 11.6 Å². The van der Waals surface area contributed by atoms with Crippen LogP contribution >= 0.6 is 0 Å². The van der Waals surface area contributed by atoms with Gasteiger partial charge in [-0.05, 0) is 48.1 Å². The van der Waals surface area contributed by atoms with E-state index in [1.54, 1.807) is 4.90 Å². The third-order valence-electron chi connectivity index (χ3n) is 7.08. The number of allylic oxidation sites excluding steroid dienone is 2. The molecular formula is C22H24N2O3. The first-order valence-electron chi connectivity index (χ1n) is 9.92. The minimum atomic E-state index is -0.216. The van der Waals surface area contributed by atoms with Crippen LogP contribution in [-0.4, -0.2) is 29.3 Å². The number of carbonyl (C=O) groups excluding carboxylic acids is 3. The zero-order valence-corrected chi connectivity index (χ0v) is 15.7. The van der Waals surface area contributed by atoms with Crippen LogP contribution in [0.4, 0.5) is 5.69 Å². The molecule has 5 heteroatoms. The monoisotopic (exact) mass is 364 g/mol. The lowest BCUT2D eigenvalue weighted by molar-refractivity contribution is -0.140. The zero-order valence-electron chi connectivity index (χ0n) is 15.7. The third kappa shape index (κ3) is 2.27. The van der Waals surface area contributed by atoms with Crippen molar-refractivity contribution in [3.05, 3.63) is 42.0 Å². The average molecular weight is 364 g/mol. The molecule has 0 radical (unpaired) electrons. The van der Waals surface area contributed by atoms with Crippen LogP contribution in [0.25, 0.3) is 0 Å². The van der Waals surface area contributed by atoms with Crippen LogP contribution < -0.4 is 4.90 Å². The number of benzene rings is 1. The fourth-order valence-electron chi connectivity index (χ4n) is 5.72. The van der Waals surface area contributed by atoms with Gasteiger partial charge in [-0.3, -0.25) is 24.2 Å². The Hall–Kier alpha value is -2.43. The molecule has 6 unspecified atom stereocenters. The summed E-state index contributed by atoms with van der Waals surface area (Å²) in [4.78, 5) is 41.7. The molecular weight excluding hydrogens is 340 g/mol. The van der Waals surface area contributed by atoms with Gasteiger partial charge in [0.25, 0.3) is 0 Å². The highest BCUT2D eigenvalue weighted by molar-refractivity contribution is 6.07. The van der Waals surface area contributed by atoms with E-state index in [4.69, 9.17) is 0 Å². The molecule has 5 aliphatic rings. The van der Waals surface area contributed by atoms with Crippen LogP contribution in [0.1, 0.15) is 25.8 Å². The van der Waals surface area contributed by atoms with Gasteiger partial charge < -0.3 is 0 Å². The Kier molecular flexibility index (Phi) is 3.58. The maximum atomic E-state index is 13.2. The summed E-state index contributed by atoms with van der Waals surface area (Å²) < 4.78 is 0. The van der Waals surface area contributed by atoms with E-state index in [9.17, 15) is 14.4 Å². The summed E-state index contributed by atoms with van der Waals surface area (Å²) in [7, 11) is 0. The van der Waals surface area contributed by atoms with E-state index in [0.29, 0.717) is 11.8 Å². The first kappa shape index (κ1) is 16.7. The van der Waals surface area contributed by atoms with Gasteiger partial charge in [-0.2, -0.15) is 0 Å². The Morgan fingerprint density at radius 2 is 1.67 bits per heavy atom. The number of para-hydroxylation sites is 1. The maximum absolute atomic E-state index is 13.2. The number of rotatable bonds is 4. The number of hydrogen-bond donors (Lipinski definition) is 0. The Bertz CT molecular complexity index is 840. The fraction of sp³-hybridized carbons (Fsp3) is 0.500. The lowest BCUT2D eigenvalue weighted by atomic mass is 9.63. The number of likely N-dealkylation sites (tertiary alicyclic amines) is 1. The number of imide groups is 1. The van der Waals surface area contributed by atoms with Crippen LogP contribution in [0.5, 0.6) is 0 Å². The van der Waals surface area contributed by atoms with Crippen molar-refractivity contribution in [1.29, 1.82) is 0 Å². The second-order valence-corrected chi connectivity index (χ2v) is 8.33. The summed E-state index contributed by atoms with van der Waals surface area (Å²) in [5.74, 6) is 0.823. The van der Waals surface area contributed by atoms with E-state index in [1.165, 1.54) is 11.8 Å². The third-order valence-corrected chi connectivity index (χ3v) is 7.08. The second kappa shape index (κ2) is 5.78. The molecule has 27 heavy (non-hydrogen) atoms. The summed E-state index contributed by atoms with van der Waals surface area (Å²) in [6.07, 6.45) is 6.28. The molecule has 3 fully saturated rings. The molecule has 0 aromatic heterocycles. The number of carbonyl (C=O) groups is 3. The topological polar surface area (TPSA) is 57.7 Å². The first-order valence-corrected chi connectivity index (χ1v) is 9.92. The van der Waals surface area contributed by atoms with E-state index < -0.39 is 0 Å². The number of hydrogen-bond acceptors (Lipinski definition) is 3. The van der Waals surface area contributed by atoms with Crippen molar-refractivity contribution in [2.24, 2.45) is 35.5 Å². The predicted molar refractivity (Wildman–Crippen MR) is 100 cm³/mol. The van der Waals surface area contributed by atoms with Crippen molar-refractivity contribution in [3.63, 3.8) is 0 Å². The summed E-state index contributed by atoms with van der Waals surface area (Å²) >= 11 is 0. The fourth-order valence-corrected chi connectivity index (χ4v) is 5.72. The Morgan fingerprint density at radius 3 is 2.22 bits per heavy atom. The SMILES string of the molecule is CCc1ccccc1N(CN1C(=O)C2C3C=CC(C4CC34)C2C1=O)C(C)=O. The van der Waals surface area contributed by atoms with Crippen molar-refractivity contribution >= 4 is 23.4 Å². The largest absolute Gasteiger partial charge is 0.294 e. The lowest BCUT2D eigenvalue weighted by Crippen LogP contribution is -2.44. The van der Waals surface area contributed by atoms with Crippen molar-refractivity contribution in [3.8, 4) is 0 Å². The summed E-state index contributed by atoms with van der Waals surface area (Å²) in [6, 6.07) is 7.70. The highest BCUT2D eigenvalue weighted by atomic mass is 16.2. The molecule has 140 valence electrons. The van der Waals surface area contributed by atoms with Crippen molar-refractivity contribution in [2.45, 2.75) is 26.7 Å². The smallest absolute Gasteiger partial charge is 0.235 e. The van der Waals surface area contributed by atoms with Gasteiger partial charge in [0.05, 0.1) is 11.8 Å². The van der Waals surface area contributed by atoms with Gasteiger partial charge in [0.15, 0.2) is 0 Å². The van der Waals surface area contributed by atoms with E-state index >= 15 is 0 Å². The summed E-state index contributed by atoms with van der Waals surface area (Å²) in [6.45, 7) is 3.55. The molecule has 3 amide bonds. The van der Waals surface area contributed by atoms with E-state index in [-0.39, 0.29) is 48.1 Å². The van der Waals surface area contributed by atoms with E-state index in [1.807, 2.05) is 31.2 Å². The average Bonchev–Trinajstić information content (AvgIpc) is 3.45. The number of amides is 3. The number of nitrogens with zero attached hydrogens (tertiary/aromatic N) is 2. The highest BCUT2D eigenvalue weighted by Gasteiger charge is 2.67. The van der Waals surface area contributed by atoms with Crippen LogP contribution in [0.3, 0.4) is 0 Å². The van der Waals surface area contributed by atoms with Crippen molar-refractivity contribution in [1.82, 2.24) is 4.90 Å². The predicted octanol–water partition coefficient (Wildman–Crippen LogP) is 2.61. The molecule has 2 bridgehead atoms. The molecule has 6 rings (SSSR count). The molecule has 1 aromatic carbocycles. The van der Waals surface area contributed by atoms with Gasteiger partial charge in [0.1, 0.15) is 6.67 Å². The Morgan fingerprint density at radius 1 is 1.07 bits per heavy atom. The molecule has 4 aliphatic carbocycles. The normalized spacial score (nSPS) is 35.3. The van der Waals surface area contributed by atoms with Gasteiger partial charge >= 0.3 is 0 Å². The standard InChI is InChI=1S/C22H24N2O3/c1-3-13-6-4-5-7-18(13)23(12(2)25)11-24-21(26)19-14-8-9-15(17-10-16(14)17)20(19)22(24)27/h4-9,14-17,19-20H,3,10-11H2,1-2H3. The van der Waals surface area contributed by atoms with Gasteiger partial charge in [-0.1, -0.05) is 37.3 Å². The minimum Gasteiger partial charge on any atom is -0.294 e. The van der Waals surface area contributed by atoms with Gasteiger partial charge in [0, 0.05) is 12.6 Å². The zero-order chi connectivity index (χ0) is 18.9. The highest BCUT2D eigenvalue weighted by Crippen LogP contribution is 2.65. The van der Waals surface area contributed by atoms with Gasteiger partial charge in [-0.25, -0.2) is 0 Å². The maximum Gasteiger partial charge on any atom is 0.235 e. The second-order valence-electron chi connectivity index (χ2n) is 8.33. The molecule has 1 saturated heterocycles. The van der Waals surface area contributed by atoms with E-state index in [2.05, 4.69) is 12.2 Å². The first-order chi connectivity index (χ1) is 13.0. The quantitative estimate of drug-likeness (QED) is 0.610. The molecule has 5 nitrogen and oxygen atoms in total. The molecule has 2 saturated carbocycles.